The van der Waals surface area contributed by atoms with Crippen LogP contribution in [0.25, 0.3) is 11.0 Å². The Morgan fingerprint density at radius 1 is 1.16 bits per heavy atom. The van der Waals surface area contributed by atoms with E-state index in [4.69, 9.17) is 4.42 Å². The van der Waals surface area contributed by atoms with Gasteiger partial charge in [0, 0.05) is 11.4 Å². The minimum Gasteiger partial charge on any atom is -0.450 e. The van der Waals surface area contributed by atoms with Gasteiger partial charge in [0.05, 0.1) is 27.6 Å². The van der Waals surface area contributed by atoms with Gasteiger partial charge in [-0.3, -0.25) is 19.3 Å². The van der Waals surface area contributed by atoms with E-state index in [9.17, 15) is 14.4 Å². The zero-order valence-electron chi connectivity index (χ0n) is 17.4. The van der Waals surface area contributed by atoms with Gasteiger partial charge in [0.1, 0.15) is 5.58 Å². The van der Waals surface area contributed by atoms with Gasteiger partial charge in [-0.25, -0.2) is 4.98 Å². The molecule has 0 radical (unpaired) electrons. The number of thiazole rings is 1. The van der Waals surface area contributed by atoms with Gasteiger partial charge in [-0.1, -0.05) is 51.0 Å². The third kappa shape index (κ3) is 3.13. The lowest BCUT2D eigenvalue weighted by Crippen LogP contribution is -2.29. The largest absolute Gasteiger partial charge is 0.450 e. The number of halogens is 1. The predicted molar refractivity (Wildman–Crippen MR) is 127 cm³/mol. The Morgan fingerprint density at radius 2 is 1.94 bits per heavy atom. The highest BCUT2D eigenvalue weighted by atomic mass is 79.9. The van der Waals surface area contributed by atoms with Crippen molar-refractivity contribution in [2.24, 2.45) is 0 Å². The predicted octanol–water partition coefficient (Wildman–Crippen LogP) is 5.58. The van der Waals surface area contributed by atoms with Crippen LogP contribution in [0.1, 0.15) is 55.6 Å². The number of hydrogen-bond acceptors (Lipinski definition) is 6. The first kappa shape index (κ1) is 20.8. The Morgan fingerprint density at radius 3 is 2.62 bits per heavy atom. The fraction of sp³-hybridized carbons (Fsp3) is 0.167. The normalized spacial score (nSPS) is 15.4. The molecule has 6 nitrogen and oxygen atoms in total. The quantitative estimate of drug-likeness (QED) is 0.337. The molecular formula is C24H17BrN2O4S. The van der Waals surface area contributed by atoms with Crippen LogP contribution in [0.4, 0.5) is 5.13 Å². The maximum Gasteiger partial charge on any atom is 0.297 e. The Bertz CT molecular complexity index is 1500. The van der Waals surface area contributed by atoms with Gasteiger partial charge >= 0.3 is 0 Å². The first-order valence-electron chi connectivity index (χ1n) is 9.91. The van der Waals surface area contributed by atoms with Crippen molar-refractivity contribution >= 4 is 55.1 Å². The summed E-state index contributed by atoms with van der Waals surface area (Å²) in [6, 6.07) is 12.0. The number of Topliss-reactive ketones (excluding diaryl/α,β-unsaturated/α-hetero) is 1. The van der Waals surface area contributed by atoms with E-state index in [1.165, 1.54) is 11.8 Å². The number of rotatable bonds is 3. The monoisotopic (exact) mass is 508 g/mol. The van der Waals surface area contributed by atoms with Crippen LogP contribution < -0.4 is 10.3 Å². The highest BCUT2D eigenvalue weighted by Gasteiger charge is 2.45. The number of anilines is 1. The van der Waals surface area contributed by atoms with E-state index < -0.39 is 11.9 Å². The second kappa shape index (κ2) is 7.50. The zero-order chi connectivity index (χ0) is 22.7. The van der Waals surface area contributed by atoms with Crippen LogP contribution in [-0.2, 0) is 0 Å². The SMILES string of the molecule is CC(=O)c1sc(N2C(=O)c3oc4ccc(C)cc4c(=O)c3C2c2cccc(Br)c2)nc1C. The van der Waals surface area contributed by atoms with E-state index in [2.05, 4.69) is 20.9 Å². The number of benzene rings is 2. The molecule has 2 aromatic carbocycles. The molecule has 1 aliphatic heterocycles. The molecule has 0 aliphatic carbocycles. The number of amides is 1. The van der Waals surface area contributed by atoms with E-state index in [1.807, 2.05) is 37.3 Å². The maximum absolute atomic E-state index is 13.6. The van der Waals surface area contributed by atoms with Gasteiger partial charge in [0.2, 0.25) is 5.76 Å². The number of aromatic nitrogens is 1. The standard InChI is InChI=1S/C24H17BrN2O4S/c1-11-7-8-17-16(9-11)20(29)18-19(14-5-4-6-15(25)10-14)27(23(30)21(18)31-17)24-26-12(2)22(32-24)13(3)28/h4-10,19H,1-3H3. The lowest BCUT2D eigenvalue weighted by Gasteiger charge is -2.22. The number of fused-ring (bicyclic) bond motifs is 2. The van der Waals surface area contributed by atoms with Crippen molar-refractivity contribution in [1.29, 1.82) is 0 Å². The molecule has 1 amide bonds. The Kier molecular flexibility index (Phi) is 4.87. The molecule has 1 atom stereocenters. The van der Waals surface area contributed by atoms with Crippen molar-refractivity contribution < 1.29 is 14.0 Å². The van der Waals surface area contributed by atoms with Gasteiger partial charge in [-0.15, -0.1) is 0 Å². The first-order chi connectivity index (χ1) is 15.3. The molecule has 4 aromatic rings. The average molecular weight is 509 g/mol. The second-order valence-corrected chi connectivity index (χ2v) is 9.67. The molecule has 0 bridgehead atoms. The third-order valence-corrected chi connectivity index (χ3v) is 7.25. The molecule has 0 saturated carbocycles. The van der Waals surface area contributed by atoms with E-state index in [-0.39, 0.29) is 22.5 Å². The molecule has 0 fully saturated rings. The summed E-state index contributed by atoms with van der Waals surface area (Å²) >= 11 is 4.62. The Hall–Kier alpha value is -3.10. The molecule has 1 unspecified atom stereocenters. The molecule has 32 heavy (non-hydrogen) atoms. The van der Waals surface area contributed by atoms with E-state index in [1.54, 1.807) is 19.1 Å². The third-order valence-electron chi connectivity index (χ3n) is 5.50. The summed E-state index contributed by atoms with van der Waals surface area (Å²) in [5, 5.41) is 0.784. The van der Waals surface area contributed by atoms with Gasteiger partial charge in [-0.05, 0) is 43.7 Å². The summed E-state index contributed by atoms with van der Waals surface area (Å²) in [4.78, 5) is 45.7. The average Bonchev–Trinajstić information content (AvgIpc) is 3.26. The maximum atomic E-state index is 13.6. The highest BCUT2D eigenvalue weighted by Crippen LogP contribution is 2.43. The first-order valence-corrected chi connectivity index (χ1v) is 11.5. The summed E-state index contributed by atoms with van der Waals surface area (Å²) in [5.41, 5.74) is 2.61. The Labute approximate surface area is 195 Å². The Balaban J connectivity index is 1.82. The van der Waals surface area contributed by atoms with Crippen molar-refractivity contribution in [1.82, 2.24) is 4.98 Å². The molecule has 0 N–H and O–H groups in total. The highest BCUT2D eigenvalue weighted by molar-refractivity contribution is 9.10. The lowest BCUT2D eigenvalue weighted by atomic mass is 9.98. The smallest absolute Gasteiger partial charge is 0.297 e. The van der Waals surface area contributed by atoms with Crippen molar-refractivity contribution in [3.63, 3.8) is 0 Å². The number of carbonyl (C=O) groups is 2. The summed E-state index contributed by atoms with van der Waals surface area (Å²) in [7, 11) is 0. The van der Waals surface area contributed by atoms with Crippen molar-refractivity contribution in [2.45, 2.75) is 26.8 Å². The minimum atomic E-state index is -0.721. The van der Waals surface area contributed by atoms with Gasteiger partial charge in [0.15, 0.2) is 16.3 Å². The van der Waals surface area contributed by atoms with Gasteiger partial charge in [-0.2, -0.15) is 0 Å². The molecular weight excluding hydrogens is 492 g/mol. The topological polar surface area (TPSA) is 80.5 Å². The van der Waals surface area contributed by atoms with Gasteiger partial charge < -0.3 is 4.42 Å². The molecule has 0 spiro atoms. The van der Waals surface area contributed by atoms with Crippen LogP contribution in [0, 0.1) is 13.8 Å². The minimum absolute atomic E-state index is 0.00792. The number of nitrogens with zero attached hydrogens (tertiary/aromatic N) is 2. The second-order valence-electron chi connectivity index (χ2n) is 7.77. The van der Waals surface area contributed by atoms with E-state index in [0.29, 0.717) is 26.7 Å². The van der Waals surface area contributed by atoms with Crippen LogP contribution in [-0.4, -0.2) is 16.7 Å². The molecule has 8 heteroatoms. The van der Waals surface area contributed by atoms with Crippen LogP contribution in [0.5, 0.6) is 0 Å². The molecule has 160 valence electrons. The van der Waals surface area contributed by atoms with Crippen molar-refractivity contribution in [3.05, 3.63) is 90.2 Å². The number of ketones is 1. The van der Waals surface area contributed by atoms with Crippen LogP contribution in [0.15, 0.2) is 56.1 Å². The van der Waals surface area contributed by atoms with Crippen LogP contribution >= 0.6 is 27.3 Å². The van der Waals surface area contributed by atoms with Gasteiger partial charge in [0.25, 0.3) is 5.91 Å². The molecule has 5 rings (SSSR count). The van der Waals surface area contributed by atoms with Crippen molar-refractivity contribution in [3.8, 4) is 0 Å². The van der Waals surface area contributed by atoms with E-state index >= 15 is 0 Å². The zero-order valence-corrected chi connectivity index (χ0v) is 19.8. The molecule has 0 saturated heterocycles. The molecule has 2 aromatic heterocycles. The number of aryl methyl sites for hydroxylation is 2. The molecule has 3 heterocycles. The summed E-state index contributed by atoms with van der Waals surface area (Å²) < 4.78 is 6.79. The van der Waals surface area contributed by atoms with Crippen LogP contribution in [0.2, 0.25) is 0 Å². The van der Waals surface area contributed by atoms with Crippen LogP contribution in [0.3, 0.4) is 0 Å². The number of carbonyl (C=O) groups excluding carboxylic acids is 2. The number of hydrogen-bond donors (Lipinski definition) is 0. The fourth-order valence-electron chi connectivity index (χ4n) is 4.09. The fourth-order valence-corrected chi connectivity index (χ4v) is 5.49. The summed E-state index contributed by atoms with van der Waals surface area (Å²) in [5.74, 6) is -0.563. The summed E-state index contributed by atoms with van der Waals surface area (Å²) in [6.07, 6.45) is 0. The van der Waals surface area contributed by atoms with E-state index in [0.717, 1.165) is 26.9 Å². The lowest BCUT2D eigenvalue weighted by molar-refractivity contribution is 0.0969. The van der Waals surface area contributed by atoms with Crippen molar-refractivity contribution in [2.75, 3.05) is 4.90 Å². The summed E-state index contributed by atoms with van der Waals surface area (Å²) in [6.45, 7) is 5.10. The molecule has 1 aliphatic rings.